The SMILES string of the molecule is O=C=NCCCCCCCC[SiH3]. The number of hydrogen-bond donors (Lipinski definition) is 0. The Morgan fingerprint density at radius 1 is 1.00 bits per heavy atom. The molecule has 70 valence electrons. The molecular formula is C9H19NOSi. The predicted octanol–water partition coefficient (Wildman–Crippen LogP) is 1.45. The summed E-state index contributed by atoms with van der Waals surface area (Å²) in [6, 6.07) is 1.44. The van der Waals surface area contributed by atoms with Crippen LogP contribution in [0.3, 0.4) is 0 Å². The highest BCUT2D eigenvalue weighted by Gasteiger charge is 1.89. The van der Waals surface area contributed by atoms with Gasteiger partial charge in [0, 0.05) is 10.2 Å². The van der Waals surface area contributed by atoms with Crippen molar-refractivity contribution in [2.45, 2.75) is 44.6 Å². The van der Waals surface area contributed by atoms with Gasteiger partial charge in [-0.2, -0.15) is 0 Å². The Kier molecular flexibility index (Phi) is 10.2. The monoisotopic (exact) mass is 185 g/mol. The maximum atomic E-state index is 9.69. The maximum Gasteiger partial charge on any atom is 0.234 e. The summed E-state index contributed by atoms with van der Waals surface area (Å²) >= 11 is 0. The number of rotatable bonds is 8. The van der Waals surface area contributed by atoms with Crippen LogP contribution in [-0.2, 0) is 4.79 Å². The van der Waals surface area contributed by atoms with Crippen LogP contribution in [0, 0.1) is 0 Å². The molecule has 0 aliphatic heterocycles. The van der Waals surface area contributed by atoms with Crippen LogP contribution >= 0.6 is 0 Å². The third-order valence-corrected chi connectivity index (χ3v) is 2.65. The van der Waals surface area contributed by atoms with Crippen molar-refractivity contribution < 1.29 is 4.79 Å². The topological polar surface area (TPSA) is 29.4 Å². The van der Waals surface area contributed by atoms with E-state index in [0.29, 0.717) is 6.54 Å². The lowest BCUT2D eigenvalue weighted by Crippen LogP contribution is -1.82. The first-order chi connectivity index (χ1) is 5.91. The second kappa shape index (κ2) is 10.6. The number of aliphatic imine (C=N–C) groups is 1. The van der Waals surface area contributed by atoms with Gasteiger partial charge < -0.3 is 0 Å². The number of carbonyl (C=O) groups excluding carboxylic acids is 1. The van der Waals surface area contributed by atoms with E-state index < -0.39 is 0 Å². The van der Waals surface area contributed by atoms with Crippen molar-refractivity contribution in [3.63, 3.8) is 0 Å². The lowest BCUT2D eigenvalue weighted by Gasteiger charge is -1.97. The number of nitrogens with zero attached hydrogens (tertiary/aromatic N) is 1. The summed E-state index contributed by atoms with van der Waals surface area (Å²) in [5, 5.41) is 0. The van der Waals surface area contributed by atoms with Gasteiger partial charge in [0.05, 0.1) is 6.54 Å². The zero-order chi connectivity index (χ0) is 9.07. The first-order valence-corrected chi connectivity index (χ1v) is 6.37. The van der Waals surface area contributed by atoms with Crippen molar-refractivity contribution in [1.82, 2.24) is 0 Å². The molecule has 3 heteroatoms. The Morgan fingerprint density at radius 2 is 1.58 bits per heavy atom. The van der Waals surface area contributed by atoms with Crippen LogP contribution in [0.4, 0.5) is 0 Å². The molecule has 12 heavy (non-hydrogen) atoms. The highest BCUT2D eigenvalue weighted by atomic mass is 28.1. The van der Waals surface area contributed by atoms with Crippen LogP contribution in [0.5, 0.6) is 0 Å². The van der Waals surface area contributed by atoms with Crippen LogP contribution < -0.4 is 0 Å². The zero-order valence-electron chi connectivity index (χ0n) is 8.01. The van der Waals surface area contributed by atoms with E-state index in [2.05, 4.69) is 4.99 Å². The molecule has 0 rings (SSSR count). The van der Waals surface area contributed by atoms with E-state index in [1.807, 2.05) is 0 Å². The van der Waals surface area contributed by atoms with Gasteiger partial charge in [-0.05, 0) is 6.42 Å². The van der Waals surface area contributed by atoms with E-state index in [4.69, 9.17) is 0 Å². The molecule has 0 aromatic carbocycles. The summed E-state index contributed by atoms with van der Waals surface area (Å²) in [6.45, 7) is 0.671. The molecule has 0 radical (unpaired) electrons. The summed E-state index contributed by atoms with van der Waals surface area (Å²) in [5.74, 6) is 0. The second-order valence-corrected chi connectivity index (χ2v) is 4.09. The highest BCUT2D eigenvalue weighted by Crippen LogP contribution is 2.06. The Labute approximate surface area is 77.9 Å². The number of unbranched alkanes of at least 4 members (excludes halogenated alkanes) is 5. The minimum absolute atomic E-state index is 0.671. The van der Waals surface area contributed by atoms with Gasteiger partial charge in [-0.25, -0.2) is 9.79 Å². The minimum Gasteiger partial charge on any atom is -0.211 e. The fourth-order valence-corrected chi connectivity index (χ4v) is 1.69. The van der Waals surface area contributed by atoms with Gasteiger partial charge in [-0.1, -0.05) is 38.1 Å². The third-order valence-electron chi connectivity index (χ3n) is 1.94. The zero-order valence-corrected chi connectivity index (χ0v) is 10.0. The average Bonchev–Trinajstić information content (AvgIpc) is 2.10. The van der Waals surface area contributed by atoms with Gasteiger partial charge in [0.2, 0.25) is 6.08 Å². The molecule has 0 aromatic heterocycles. The van der Waals surface area contributed by atoms with E-state index in [0.717, 1.165) is 6.42 Å². The van der Waals surface area contributed by atoms with Gasteiger partial charge >= 0.3 is 0 Å². The Hall–Kier alpha value is -0.403. The van der Waals surface area contributed by atoms with Gasteiger partial charge in [0.15, 0.2) is 0 Å². The summed E-state index contributed by atoms with van der Waals surface area (Å²) < 4.78 is 0. The molecular weight excluding hydrogens is 166 g/mol. The Bertz CT molecular complexity index is 132. The molecule has 0 bridgehead atoms. The standard InChI is InChI=1S/C9H19NOSi/c11-9-10-7-5-3-1-2-4-6-8-12/h1-8H2,12H3. The maximum absolute atomic E-state index is 9.69. The lowest BCUT2D eigenvalue weighted by molar-refractivity contribution is 0.560. The van der Waals surface area contributed by atoms with Gasteiger partial charge in [-0.3, -0.25) is 0 Å². The largest absolute Gasteiger partial charge is 0.234 e. The molecule has 2 nitrogen and oxygen atoms in total. The molecule has 0 atom stereocenters. The first kappa shape index (κ1) is 11.6. The molecule has 0 aliphatic rings. The normalized spacial score (nSPS) is 9.67. The molecule has 0 amide bonds. The lowest BCUT2D eigenvalue weighted by atomic mass is 10.1. The van der Waals surface area contributed by atoms with E-state index in [-0.39, 0.29) is 0 Å². The molecule has 0 heterocycles. The fourth-order valence-electron chi connectivity index (χ4n) is 1.19. The van der Waals surface area contributed by atoms with E-state index in [9.17, 15) is 4.79 Å². The molecule has 0 N–H and O–H groups in total. The molecule has 0 saturated carbocycles. The summed E-state index contributed by atoms with van der Waals surface area (Å²) in [5.41, 5.74) is 0. The third kappa shape index (κ3) is 9.60. The van der Waals surface area contributed by atoms with Crippen LogP contribution in [0.25, 0.3) is 0 Å². The number of hydrogen-bond acceptors (Lipinski definition) is 2. The summed E-state index contributed by atoms with van der Waals surface area (Å²) in [7, 11) is 1.35. The van der Waals surface area contributed by atoms with Gasteiger partial charge in [-0.15, -0.1) is 0 Å². The molecule has 0 unspecified atom stereocenters. The van der Waals surface area contributed by atoms with Crippen LogP contribution in [0.1, 0.15) is 38.5 Å². The first-order valence-electron chi connectivity index (χ1n) is 4.95. The van der Waals surface area contributed by atoms with E-state index in [1.165, 1.54) is 48.4 Å². The Balaban J connectivity index is 2.86. The van der Waals surface area contributed by atoms with Crippen molar-refractivity contribution in [3.8, 4) is 0 Å². The molecule has 0 aromatic rings. The van der Waals surface area contributed by atoms with E-state index >= 15 is 0 Å². The molecule has 0 spiro atoms. The summed E-state index contributed by atoms with van der Waals surface area (Å²) in [4.78, 5) is 13.2. The summed E-state index contributed by atoms with van der Waals surface area (Å²) in [6.07, 6.45) is 9.29. The van der Waals surface area contributed by atoms with Crippen LogP contribution in [0.15, 0.2) is 4.99 Å². The van der Waals surface area contributed by atoms with Crippen molar-refractivity contribution in [2.75, 3.05) is 6.54 Å². The average molecular weight is 185 g/mol. The fraction of sp³-hybridized carbons (Fsp3) is 0.889. The van der Waals surface area contributed by atoms with E-state index in [1.54, 1.807) is 6.08 Å². The smallest absolute Gasteiger partial charge is 0.211 e. The second-order valence-electron chi connectivity index (χ2n) is 3.09. The van der Waals surface area contributed by atoms with Gasteiger partial charge in [0.1, 0.15) is 0 Å². The molecule has 0 saturated heterocycles. The predicted molar refractivity (Wildman–Crippen MR) is 55.4 cm³/mol. The quantitative estimate of drug-likeness (QED) is 0.243. The van der Waals surface area contributed by atoms with Crippen molar-refractivity contribution in [2.24, 2.45) is 4.99 Å². The minimum atomic E-state index is 0.671. The van der Waals surface area contributed by atoms with Crippen molar-refractivity contribution in [1.29, 1.82) is 0 Å². The molecule has 0 fully saturated rings. The van der Waals surface area contributed by atoms with Crippen LogP contribution in [-0.4, -0.2) is 22.9 Å². The Morgan fingerprint density at radius 3 is 2.17 bits per heavy atom. The van der Waals surface area contributed by atoms with Gasteiger partial charge in [0.25, 0.3) is 0 Å². The van der Waals surface area contributed by atoms with Crippen molar-refractivity contribution >= 4 is 16.3 Å². The highest BCUT2D eigenvalue weighted by molar-refractivity contribution is 6.08. The number of isocyanates is 1. The van der Waals surface area contributed by atoms with Crippen molar-refractivity contribution in [3.05, 3.63) is 0 Å². The molecule has 0 aliphatic carbocycles. The van der Waals surface area contributed by atoms with Crippen LogP contribution in [0.2, 0.25) is 6.04 Å².